The number of aromatic nitrogens is 2. The lowest BCUT2D eigenvalue weighted by atomic mass is 10.2. The van der Waals surface area contributed by atoms with Gasteiger partial charge in [0.25, 0.3) is 5.91 Å². The van der Waals surface area contributed by atoms with Crippen LogP contribution < -0.4 is 15.0 Å². The number of para-hydroxylation sites is 1. The van der Waals surface area contributed by atoms with Gasteiger partial charge in [-0.05, 0) is 50.2 Å². The van der Waals surface area contributed by atoms with E-state index in [9.17, 15) is 4.79 Å². The topological polar surface area (TPSA) is 67.3 Å². The van der Waals surface area contributed by atoms with Crippen LogP contribution in [-0.4, -0.2) is 29.0 Å². The highest BCUT2D eigenvalue weighted by atomic mass is 16.5. The molecule has 0 fully saturated rings. The van der Waals surface area contributed by atoms with Crippen LogP contribution in [0.15, 0.2) is 67.0 Å². The molecule has 0 radical (unpaired) electrons. The fourth-order valence-corrected chi connectivity index (χ4v) is 2.52. The zero-order chi connectivity index (χ0) is 19.2. The zero-order valence-corrected chi connectivity index (χ0v) is 15.6. The van der Waals surface area contributed by atoms with Crippen LogP contribution >= 0.6 is 0 Å². The van der Waals surface area contributed by atoms with Crippen LogP contribution in [0.2, 0.25) is 0 Å². The Hall–Kier alpha value is -3.41. The highest BCUT2D eigenvalue weighted by Gasteiger charge is 2.12. The average Bonchev–Trinajstić information content (AvgIpc) is 2.69. The van der Waals surface area contributed by atoms with Gasteiger partial charge in [0.15, 0.2) is 0 Å². The molecule has 1 N–H and O–H groups in total. The van der Waals surface area contributed by atoms with Crippen LogP contribution in [-0.2, 0) is 0 Å². The number of hydrogen-bond acceptors (Lipinski definition) is 5. The highest BCUT2D eigenvalue weighted by molar-refractivity contribution is 6.03. The number of rotatable bonds is 6. The number of nitrogens with one attached hydrogen (secondary N) is 1. The van der Waals surface area contributed by atoms with Crippen molar-refractivity contribution in [3.05, 3.63) is 72.7 Å². The van der Waals surface area contributed by atoms with Gasteiger partial charge in [0.2, 0.25) is 0 Å². The molecule has 3 rings (SSSR count). The summed E-state index contributed by atoms with van der Waals surface area (Å²) in [6.07, 6.45) is 1.50. The van der Waals surface area contributed by atoms with Crippen molar-refractivity contribution in [3.63, 3.8) is 0 Å². The van der Waals surface area contributed by atoms with Crippen molar-refractivity contribution in [2.75, 3.05) is 17.3 Å². The van der Waals surface area contributed by atoms with E-state index in [1.54, 1.807) is 18.2 Å². The first-order valence-corrected chi connectivity index (χ1v) is 8.72. The number of anilines is 3. The standard InChI is InChI=1S/C21H22N4O2/c1-15(2)27-18-11-9-16(10-12-18)24-21(26)19-13-20(23-14-22-19)25(3)17-7-5-4-6-8-17/h4-15H,1-3H3,(H,24,26). The van der Waals surface area contributed by atoms with Gasteiger partial charge in [-0.3, -0.25) is 4.79 Å². The van der Waals surface area contributed by atoms with E-state index < -0.39 is 0 Å². The molecule has 1 amide bonds. The van der Waals surface area contributed by atoms with Crippen LogP contribution in [0.5, 0.6) is 5.75 Å². The van der Waals surface area contributed by atoms with Crippen LogP contribution in [0.25, 0.3) is 0 Å². The summed E-state index contributed by atoms with van der Waals surface area (Å²) in [7, 11) is 1.90. The summed E-state index contributed by atoms with van der Waals surface area (Å²) < 4.78 is 5.60. The van der Waals surface area contributed by atoms with E-state index >= 15 is 0 Å². The third-order valence-electron chi connectivity index (χ3n) is 3.86. The van der Waals surface area contributed by atoms with Crippen molar-refractivity contribution in [3.8, 4) is 5.75 Å². The van der Waals surface area contributed by atoms with Crippen LogP contribution in [0.1, 0.15) is 24.3 Å². The number of carbonyl (C=O) groups is 1. The minimum Gasteiger partial charge on any atom is -0.491 e. The molecule has 3 aromatic rings. The summed E-state index contributed by atoms with van der Waals surface area (Å²) in [4.78, 5) is 22.8. The van der Waals surface area contributed by atoms with Crippen LogP contribution in [0.3, 0.4) is 0 Å². The molecule has 27 heavy (non-hydrogen) atoms. The summed E-state index contributed by atoms with van der Waals surface area (Å²) in [5.41, 5.74) is 1.95. The van der Waals surface area contributed by atoms with Crippen molar-refractivity contribution >= 4 is 23.1 Å². The Morgan fingerprint density at radius 2 is 1.74 bits per heavy atom. The number of ether oxygens (including phenoxy) is 1. The quantitative estimate of drug-likeness (QED) is 0.709. The second-order valence-corrected chi connectivity index (χ2v) is 6.30. The number of benzene rings is 2. The zero-order valence-electron chi connectivity index (χ0n) is 15.6. The lowest BCUT2D eigenvalue weighted by Gasteiger charge is -2.18. The molecule has 0 unspecified atom stereocenters. The van der Waals surface area contributed by atoms with Gasteiger partial charge >= 0.3 is 0 Å². The normalized spacial score (nSPS) is 10.5. The monoisotopic (exact) mass is 362 g/mol. The van der Waals surface area contributed by atoms with Crippen LogP contribution in [0.4, 0.5) is 17.2 Å². The van der Waals surface area contributed by atoms with E-state index in [0.29, 0.717) is 17.2 Å². The van der Waals surface area contributed by atoms with Crippen molar-refractivity contribution < 1.29 is 9.53 Å². The number of amides is 1. The first kappa shape index (κ1) is 18.4. The van der Waals surface area contributed by atoms with Crippen molar-refractivity contribution in [2.24, 2.45) is 0 Å². The van der Waals surface area contributed by atoms with E-state index in [2.05, 4.69) is 15.3 Å². The molecule has 6 heteroatoms. The van der Waals surface area contributed by atoms with E-state index in [0.717, 1.165) is 11.4 Å². The molecule has 138 valence electrons. The molecule has 2 aromatic carbocycles. The first-order valence-electron chi connectivity index (χ1n) is 8.72. The van der Waals surface area contributed by atoms with E-state index in [1.165, 1.54) is 6.33 Å². The van der Waals surface area contributed by atoms with Gasteiger partial charge in [-0.2, -0.15) is 0 Å². The minimum absolute atomic E-state index is 0.103. The predicted octanol–water partition coefficient (Wildman–Crippen LogP) is 4.28. The summed E-state index contributed by atoms with van der Waals surface area (Å²) >= 11 is 0. The molecule has 0 atom stereocenters. The highest BCUT2D eigenvalue weighted by Crippen LogP contribution is 2.22. The number of nitrogens with zero attached hydrogens (tertiary/aromatic N) is 3. The molecule has 0 aliphatic rings. The van der Waals surface area contributed by atoms with Gasteiger partial charge in [0, 0.05) is 24.5 Å². The Morgan fingerprint density at radius 3 is 2.41 bits per heavy atom. The van der Waals surface area contributed by atoms with Crippen molar-refractivity contribution in [2.45, 2.75) is 20.0 Å². The number of hydrogen-bond donors (Lipinski definition) is 1. The SMILES string of the molecule is CC(C)Oc1ccc(NC(=O)c2cc(N(C)c3ccccc3)ncn2)cc1. The molecular formula is C21H22N4O2. The summed E-state index contributed by atoms with van der Waals surface area (Å²) in [5.74, 6) is 1.11. The molecule has 0 bridgehead atoms. The molecule has 0 saturated heterocycles. The summed E-state index contributed by atoms with van der Waals surface area (Å²) in [5, 5.41) is 2.84. The van der Waals surface area contributed by atoms with Gasteiger partial charge in [-0.25, -0.2) is 9.97 Å². The Bertz CT molecular complexity index is 896. The number of carbonyl (C=O) groups excluding carboxylic acids is 1. The molecule has 0 aliphatic heterocycles. The fourth-order valence-electron chi connectivity index (χ4n) is 2.52. The van der Waals surface area contributed by atoms with Gasteiger partial charge in [-0.1, -0.05) is 18.2 Å². The van der Waals surface area contributed by atoms with E-state index in [4.69, 9.17) is 4.74 Å². The predicted molar refractivity (Wildman–Crippen MR) is 107 cm³/mol. The van der Waals surface area contributed by atoms with Gasteiger partial charge in [0.1, 0.15) is 23.6 Å². The second kappa shape index (κ2) is 8.31. The Morgan fingerprint density at radius 1 is 1.04 bits per heavy atom. The van der Waals surface area contributed by atoms with E-state index in [-0.39, 0.29) is 12.0 Å². The minimum atomic E-state index is -0.294. The maximum atomic E-state index is 12.5. The Kier molecular flexibility index (Phi) is 5.66. The molecule has 0 saturated carbocycles. The smallest absolute Gasteiger partial charge is 0.274 e. The van der Waals surface area contributed by atoms with Crippen LogP contribution in [0, 0.1) is 0 Å². The van der Waals surface area contributed by atoms with Gasteiger partial charge in [0.05, 0.1) is 6.10 Å². The fraction of sp³-hybridized carbons (Fsp3) is 0.190. The second-order valence-electron chi connectivity index (χ2n) is 6.30. The van der Waals surface area contributed by atoms with Crippen molar-refractivity contribution in [1.29, 1.82) is 0 Å². The Labute approximate surface area is 158 Å². The van der Waals surface area contributed by atoms with Gasteiger partial charge < -0.3 is 15.0 Å². The third-order valence-corrected chi connectivity index (χ3v) is 3.86. The molecule has 6 nitrogen and oxygen atoms in total. The largest absolute Gasteiger partial charge is 0.491 e. The maximum Gasteiger partial charge on any atom is 0.274 e. The molecule has 1 heterocycles. The van der Waals surface area contributed by atoms with E-state index in [1.807, 2.05) is 68.3 Å². The third kappa shape index (κ3) is 4.82. The summed E-state index contributed by atoms with van der Waals surface area (Å²) in [6, 6.07) is 18.7. The summed E-state index contributed by atoms with van der Waals surface area (Å²) in [6.45, 7) is 3.93. The lowest BCUT2D eigenvalue weighted by molar-refractivity contribution is 0.102. The first-order chi connectivity index (χ1) is 13.0. The molecule has 1 aromatic heterocycles. The molecule has 0 aliphatic carbocycles. The van der Waals surface area contributed by atoms with Crippen molar-refractivity contribution in [1.82, 2.24) is 9.97 Å². The average molecular weight is 362 g/mol. The lowest BCUT2D eigenvalue weighted by Crippen LogP contribution is -2.17. The van der Waals surface area contributed by atoms with Gasteiger partial charge in [-0.15, -0.1) is 0 Å². The maximum absolute atomic E-state index is 12.5. The molecule has 0 spiro atoms. The molecular weight excluding hydrogens is 340 g/mol. The Balaban J connectivity index is 1.72.